The molecule has 20 heavy (non-hydrogen) atoms. The van der Waals surface area contributed by atoms with Crippen LogP contribution in [0.4, 0.5) is 5.69 Å². The van der Waals surface area contributed by atoms with Crippen molar-refractivity contribution in [1.29, 1.82) is 0 Å². The Morgan fingerprint density at radius 1 is 1.50 bits per heavy atom. The number of likely N-dealkylation sites (N-methyl/N-ethyl adjacent to an activating group) is 1. The second-order valence-electron chi connectivity index (χ2n) is 4.23. The first kappa shape index (κ1) is 16.3. The van der Waals surface area contributed by atoms with Gasteiger partial charge in [-0.15, -0.1) is 0 Å². The number of aliphatic hydroxyl groups is 1. The van der Waals surface area contributed by atoms with Crippen LogP contribution in [-0.2, 0) is 10.0 Å². The van der Waals surface area contributed by atoms with Crippen LogP contribution in [0.1, 0.15) is 6.92 Å². The number of sulfonamides is 1. The number of nitrogens with zero attached hydrogens (tertiary/aromatic N) is 2. The van der Waals surface area contributed by atoms with E-state index in [-0.39, 0.29) is 22.9 Å². The minimum atomic E-state index is -3.89. The van der Waals surface area contributed by atoms with Gasteiger partial charge in [0.25, 0.3) is 5.69 Å². The van der Waals surface area contributed by atoms with Gasteiger partial charge in [0.1, 0.15) is 10.6 Å². The Balaban J connectivity index is 3.28. The number of ether oxygens (including phenoxy) is 1. The Morgan fingerprint density at radius 3 is 2.55 bits per heavy atom. The lowest BCUT2D eigenvalue weighted by molar-refractivity contribution is -0.385. The third-order valence-corrected chi connectivity index (χ3v) is 4.43. The minimum Gasteiger partial charge on any atom is -0.495 e. The zero-order valence-electron chi connectivity index (χ0n) is 11.3. The molecule has 1 aromatic rings. The maximum Gasteiger partial charge on any atom is 0.273 e. The fraction of sp³-hybridized carbons (Fsp3) is 0.455. The molecule has 0 saturated carbocycles. The van der Waals surface area contributed by atoms with Crippen molar-refractivity contribution in [2.75, 3.05) is 20.7 Å². The number of hydrogen-bond donors (Lipinski definition) is 1. The van der Waals surface area contributed by atoms with E-state index in [0.717, 1.165) is 22.5 Å². The summed E-state index contributed by atoms with van der Waals surface area (Å²) in [6, 6.07) is 3.25. The number of nitro groups is 1. The van der Waals surface area contributed by atoms with Gasteiger partial charge in [0.15, 0.2) is 0 Å². The van der Waals surface area contributed by atoms with E-state index in [4.69, 9.17) is 4.74 Å². The fourth-order valence-corrected chi connectivity index (χ4v) is 3.01. The number of benzene rings is 1. The van der Waals surface area contributed by atoms with Crippen LogP contribution in [-0.4, -0.2) is 49.6 Å². The number of rotatable bonds is 6. The van der Waals surface area contributed by atoms with Gasteiger partial charge in [-0.1, -0.05) is 0 Å². The van der Waals surface area contributed by atoms with Crippen LogP contribution < -0.4 is 4.74 Å². The lowest BCUT2D eigenvalue weighted by Gasteiger charge is -2.19. The third-order valence-electron chi connectivity index (χ3n) is 2.57. The highest BCUT2D eigenvalue weighted by Gasteiger charge is 2.27. The van der Waals surface area contributed by atoms with E-state index < -0.39 is 21.1 Å². The van der Waals surface area contributed by atoms with E-state index in [1.54, 1.807) is 0 Å². The van der Waals surface area contributed by atoms with Gasteiger partial charge in [0.05, 0.1) is 24.2 Å². The van der Waals surface area contributed by atoms with Gasteiger partial charge in [0.2, 0.25) is 10.0 Å². The summed E-state index contributed by atoms with van der Waals surface area (Å²) in [5.74, 6) is -0.114. The Bertz CT molecular complexity index is 599. The molecule has 112 valence electrons. The van der Waals surface area contributed by atoms with Crippen LogP contribution in [0.2, 0.25) is 0 Å². The van der Waals surface area contributed by atoms with Crippen LogP contribution in [0.25, 0.3) is 0 Å². The number of methoxy groups -OCH3 is 1. The van der Waals surface area contributed by atoms with Crippen LogP contribution in [0.15, 0.2) is 23.1 Å². The predicted octanol–water partition coefficient (Wildman–Crippen LogP) is 0.605. The summed E-state index contributed by atoms with van der Waals surface area (Å²) in [7, 11) is -1.36. The van der Waals surface area contributed by atoms with Crippen molar-refractivity contribution in [3.05, 3.63) is 28.3 Å². The van der Waals surface area contributed by atoms with Crippen LogP contribution in [0.3, 0.4) is 0 Å². The van der Waals surface area contributed by atoms with E-state index in [1.807, 2.05) is 0 Å². The maximum absolute atomic E-state index is 12.3. The molecule has 1 N–H and O–H groups in total. The summed E-state index contributed by atoms with van der Waals surface area (Å²) in [6.45, 7) is 1.36. The molecule has 1 rings (SSSR count). The van der Waals surface area contributed by atoms with Gasteiger partial charge in [-0.05, 0) is 13.0 Å². The SMILES string of the molecule is COc1cc([N+](=O)[O-])ccc1S(=O)(=O)N(C)CC(C)O. The summed E-state index contributed by atoms with van der Waals surface area (Å²) in [5.41, 5.74) is -0.265. The maximum atomic E-state index is 12.3. The first-order valence-corrected chi connectivity index (χ1v) is 7.11. The number of hydrogen-bond acceptors (Lipinski definition) is 6. The van der Waals surface area contributed by atoms with E-state index >= 15 is 0 Å². The van der Waals surface area contributed by atoms with Crippen molar-refractivity contribution >= 4 is 15.7 Å². The van der Waals surface area contributed by atoms with E-state index in [2.05, 4.69) is 0 Å². The number of non-ortho nitro benzene ring substituents is 1. The van der Waals surface area contributed by atoms with Gasteiger partial charge in [-0.3, -0.25) is 10.1 Å². The fourth-order valence-electron chi connectivity index (χ4n) is 1.62. The molecule has 0 aromatic heterocycles. The molecule has 8 nitrogen and oxygen atoms in total. The molecule has 0 spiro atoms. The molecule has 0 heterocycles. The van der Waals surface area contributed by atoms with Crippen LogP contribution in [0.5, 0.6) is 5.75 Å². The molecule has 1 aromatic carbocycles. The molecule has 9 heteroatoms. The Hall–Kier alpha value is -1.71. The van der Waals surface area contributed by atoms with Crippen LogP contribution >= 0.6 is 0 Å². The van der Waals surface area contributed by atoms with Gasteiger partial charge >= 0.3 is 0 Å². The monoisotopic (exact) mass is 304 g/mol. The van der Waals surface area contributed by atoms with E-state index in [9.17, 15) is 23.6 Å². The molecule has 0 bridgehead atoms. The Kier molecular flexibility index (Phi) is 5.03. The number of nitro benzene ring substituents is 1. The molecule has 1 unspecified atom stereocenters. The van der Waals surface area contributed by atoms with Crippen molar-refractivity contribution in [2.45, 2.75) is 17.9 Å². The van der Waals surface area contributed by atoms with Crippen molar-refractivity contribution < 1.29 is 23.2 Å². The highest BCUT2D eigenvalue weighted by Crippen LogP contribution is 2.30. The van der Waals surface area contributed by atoms with Crippen LogP contribution in [0, 0.1) is 10.1 Å². The summed E-state index contributed by atoms with van der Waals surface area (Å²) >= 11 is 0. The van der Waals surface area contributed by atoms with Gasteiger partial charge in [0, 0.05) is 19.7 Å². The first-order valence-electron chi connectivity index (χ1n) is 5.67. The largest absolute Gasteiger partial charge is 0.495 e. The molecular formula is C11H16N2O6S. The molecule has 1 atom stereocenters. The number of aliphatic hydroxyl groups excluding tert-OH is 1. The second-order valence-corrected chi connectivity index (χ2v) is 6.24. The summed E-state index contributed by atoms with van der Waals surface area (Å²) in [6.07, 6.45) is -0.834. The highest BCUT2D eigenvalue weighted by atomic mass is 32.2. The van der Waals surface area contributed by atoms with Gasteiger partial charge in [-0.2, -0.15) is 4.31 Å². The summed E-state index contributed by atoms with van der Waals surface area (Å²) < 4.78 is 30.5. The third kappa shape index (κ3) is 3.44. The normalized spacial score (nSPS) is 13.2. The average molecular weight is 304 g/mol. The lowest BCUT2D eigenvalue weighted by Crippen LogP contribution is -2.33. The van der Waals surface area contributed by atoms with Crippen molar-refractivity contribution in [1.82, 2.24) is 4.31 Å². The van der Waals surface area contributed by atoms with E-state index in [0.29, 0.717) is 0 Å². The molecule has 0 aliphatic rings. The molecule has 0 fully saturated rings. The van der Waals surface area contributed by atoms with Gasteiger partial charge in [-0.25, -0.2) is 8.42 Å². The quantitative estimate of drug-likeness (QED) is 0.609. The first-order chi connectivity index (χ1) is 9.20. The van der Waals surface area contributed by atoms with Crippen molar-refractivity contribution in [3.63, 3.8) is 0 Å². The molecule has 0 aliphatic heterocycles. The molecule has 0 saturated heterocycles. The van der Waals surface area contributed by atoms with E-state index in [1.165, 1.54) is 21.1 Å². The topological polar surface area (TPSA) is 110 Å². The predicted molar refractivity (Wildman–Crippen MR) is 71.1 cm³/mol. The smallest absolute Gasteiger partial charge is 0.273 e. The zero-order chi connectivity index (χ0) is 15.5. The Labute approximate surface area is 116 Å². The van der Waals surface area contributed by atoms with Crippen molar-refractivity contribution in [3.8, 4) is 5.75 Å². The average Bonchev–Trinajstić information content (AvgIpc) is 2.36. The second kappa shape index (κ2) is 6.16. The minimum absolute atomic E-state index is 0.0948. The molecule has 0 radical (unpaired) electrons. The molecule has 0 amide bonds. The molecule has 0 aliphatic carbocycles. The summed E-state index contributed by atoms with van der Waals surface area (Å²) in [4.78, 5) is 9.84. The summed E-state index contributed by atoms with van der Waals surface area (Å²) in [5, 5.41) is 19.9. The standard InChI is InChI=1S/C11H16N2O6S/c1-8(14)7-12(2)20(17,18)11-5-4-9(13(15)16)6-10(11)19-3/h4-6,8,14H,7H2,1-3H3. The lowest BCUT2D eigenvalue weighted by atomic mass is 10.3. The highest BCUT2D eigenvalue weighted by molar-refractivity contribution is 7.89. The van der Waals surface area contributed by atoms with Gasteiger partial charge < -0.3 is 9.84 Å². The Morgan fingerprint density at radius 2 is 2.10 bits per heavy atom. The van der Waals surface area contributed by atoms with Crippen molar-refractivity contribution in [2.24, 2.45) is 0 Å². The molecular weight excluding hydrogens is 288 g/mol. The zero-order valence-corrected chi connectivity index (χ0v) is 12.1.